The molecule has 1 amide bonds. The summed E-state index contributed by atoms with van der Waals surface area (Å²) in [5, 5.41) is 11.0. The lowest BCUT2D eigenvalue weighted by atomic mass is 10.0. The van der Waals surface area contributed by atoms with E-state index in [0.717, 1.165) is 0 Å². The summed E-state index contributed by atoms with van der Waals surface area (Å²) in [5.41, 5.74) is 6.29. The molecule has 8 heteroatoms. The van der Waals surface area contributed by atoms with Gasteiger partial charge in [0.05, 0.1) is 22.3 Å². The van der Waals surface area contributed by atoms with Crippen molar-refractivity contribution >= 4 is 34.9 Å². The summed E-state index contributed by atoms with van der Waals surface area (Å²) in [5.74, 6) is 0.506. The molecule has 0 bridgehead atoms. The van der Waals surface area contributed by atoms with Crippen LogP contribution in [0.15, 0.2) is 30.5 Å². The first-order chi connectivity index (χ1) is 10.5. The number of hydroxylamine groups is 1. The van der Waals surface area contributed by atoms with Crippen molar-refractivity contribution in [3.63, 3.8) is 0 Å². The number of fused-ring (bicyclic) bond motifs is 1. The Morgan fingerprint density at radius 3 is 2.77 bits per heavy atom. The molecule has 3 N–H and O–H groups in total. The molecule has 1 aromatic heterocycles. The molecule has 0 saturated heterocycles. The molecule has 22 heavy (non-hydrogen) atoms. The van der Waals surface area contributed by atoms with Crippen molar-refractivity contribution in [2.75, 3.05) is 5.06 Å². The van der Waals surface area contributed by atoms with E-state index < -0.39 is 11.9 Å². The Kier molecular flexibility index (Phi) is 3.92. The molecule has 3 rings (SSSR count). The minimum absolute atomic E-state index is 0.160. The average Bonchev–Trinajstić information content (AvgIpc) is 2.49. The average molecular weight is 340 g/mol. The van der Waals surface area contributed by atoms with Gasteiger partial charge in [-0.05, 0) is 18.2 Å². The van der Waals surface area contributed by atoms with Crippen molar-refractivity contribution in [3.05, 3.63) is 46.1 Å². The maximum absolute atomic E-state index is 11.6. The SMILES string of the molecule is N[C@H]1Cc2cc(Oc3ccc(Cl)c(Cl)c3)cnc2N(O)C1=O. The summed E-state index contributed by atoms with van der Waals surface area (Å²) < 4.78 is 5.65. The van der Waals surface area contributed by atoms with Gasteiger partial charge in [0, 0.05) is 18.1 Å². The fourth-order valence-corrected chi connectivity index (χ4v) is 2.43. The van der Waals surface area contributed by atoms with Crippen molar-refractivity contribution in [1.82, 2.24) is 4.98 Å². The van der Waals surface area contributed by atoms with Gasteiger partial charge in [0.1, 0.15) is 11.5 Å². The van der Waals surface area contributed by atoms with Gasteiger partial charge in [-0.25, -0.2) is 4.98 Å². The largest absolute Gasteiger partial charge is 0.456 e. The molecule has 2 aromatic rings. The molecule has 1 atom stereocenters. The maximum Gasteiger partial charge on any atom is 0.269 e. The fourth-order valence-electron chi connectivity index (χ4n) is 2.14. The highest BCUT2D eigenvalue weighted by Gasteiger charge is 2.31. The van der Waals surface area contributed by atoms with Gasteiger partial charge in [0.25, 0.3) is 5.91 Å². The van der Waals surface area contributed by atoms with Gasteiger partial charge in [0.2, 0.25) is 0 Å². The van der Waals surface area contributed by atoms with E-state index in [4.69, 9.17) is 33.7 Å². The number of hydrogen-bond donors (Lipinski definition) is 2. The molecule has 6 nitrogen and oxygen atoms in total. The van der Waals surface area contributed by atoms with Crippen LogP contribution in [-0.4, -0.2) is 22.1 Å². The molecule has 0 saturated carbocycles. The van der Waals surface area contributed by atoms with Gasteiger partial charge in [0.15, 0.2) is 5.82 Å². The molecule has 0 spiro atoms. The number of carbonyl (C=O) groups is 1. The molecule has 0 radical (unpaired) electrons. The van der Waals surface area contributed by atoms with E-state index in [0.29, 0.717) is 32.2 Å². The number of hydrogen-bond acceptors (Lipinski definition) is 5. The van der Waals surface area contributed by atoms with Gasteiger partial charge in [-0.1, -0.05) is 23.2 Å². The number of aromatic nitrogens is 1. The summed E-state index contributed by atoms with van der Waals surface area (Å²) in [6.07, 6.45) is 1.67. The molecule has 1 aromatic carbocycles. The lowest BCUT2D eigenvalue weighted by Gasteiger charge is -2.26. The molecule has 0 unspecified atom stereocenters. The minimum atomic E-state index is -0.806. The molecular weight excluding hydrogens is 329 g/mol. The van der Waals surface area contributed by atoms with E-state index in [2.05, 4.69) is 4.98 Å². The molecule has 114 valence electrons. The van der Waals surface area contributed by atoms with Gasteiger partial charge in [-0.3, -0.25) is 10.0 Å². The number of pyridine rings is 1. The van der Waals surface area contributed by atoms with Crippen molar-refractivity contribution < 1.29 is 14.7 Å². The Bertz CT molecular complexity index is 754. The summed E-state index contributed by atoms with van der Waals surface area (Å²) in [6, 6.07) is 5.73. The molecule has 0 fully saturated rings. The summed E-state index contributed by atoms with van der Waals surface area (Å²) in [4.78, 5) is 15.6. The Morgan fingerprint density at radius 2 is 2.05 bits per heavy atom. The Balaban J connectivity index is 1.89. The summed E-state index contributed by atoms with van der Waals surface area (Å²) >= 11 is 11.8. The maximum atomic E-state index is 11.6. The third-order valence-electron chi connectivity index (χ3n) is 3.21. The predicted octanol–water partition coefficient (Wildman–Crippen LogP) is 2.79. The van der Waals surface area contributed by atoms with E-state index in [-0.39, 0.29) is 12.2 Å². The summed E-state index contributed by atoms with van der Waals surface area (Å²) in [7, 11) is 0. The van der Waals surface area contributed by atoms with Gasteiger partial charge >= 0.3 is 0 Å². The van der Waals surface area contributed by atoms with Gasteiger partial charge in [-0.15, -0.1) is 0 Å². The zero-order valence-electron chi connectivity index (χ0n) is 11.2. The van der Waals surface area contributed by atoms with Crippen LogP contribution in [0.4, 0.5) is 5.82 Å². The topological polar surface area (TPSA) is 88.7 Å². The molecule has 1 aliphatic heterocycles. The van der Waals surface area contributed by atoms with Crippen LogP contribution < -0.4 is 15.5 Å². The fraction of sp³-hybridized carbons (Fsp3) is 0.143. The van der Waals surface area contributed by atoms with Crippen LogP contribution in [0.2, 0.25) is 10.0 Å². The van der Waals surface area contributed by atoms with E-state index in [1.165, 1.54) is 6.20 Å². The molecular formula is C14H11Cl2N3O3. The van der Waals surface area contributed by atoms with Crippen LogP contribution >= 0.6 is 23.2 Å². The first-order valence-corrected chi connectivity index (χ1v) is 7.11. The number of benzene rings is 1. The van der Waals surface area contributed by atoms with Crippen molar-refractivity contribution in [2.45, 2.75) is 12.5 Å². The van der Waals surface area contributed by atoms with Crippen LogP contribution in [0.1, 0.15) is 5.56 Å². The zero-order chi connectivity index (χ0) is 15.9. The van der Waals surface area contributed by atoms with Crippen LogP contribution in [-0.2, 0) is 11.2 Å². The number of halogens is 2. The van der Waals surface area contributed by atoms with Crippen LogP contribution in [0.3, 0.4) is 0 Å². The second kappa shape index (κ2) is 5.73. The lowest BCUT2D eigenvalue weighted by Crippen LogP contribution is -2.47. The number of anilines is 1. The normalized spacial score (nSPS) is 17.4. The standard InChI is InChI=1S/C14H11Cl2N3O3/c15-10-2-1-8(5-11(10)16)22-9-3-7-4-12(17)14(20)19(21)13(7)18-6-9/h1-3,5-6,12,21H,4,17H2/t12-/m0/s1. The highest BCUT2D eigenvalue weighted by molar-refractivity contribution is 6.42. The quantitative estimate of drug-likeness (QED) is 0.821. The highest BCUT2D eigenvalue weighted by atomic mass is 35.5. The first kappa shape index (κ1) is 15.1. The van der Waals surface area contributed by atoms with Crippen LogP contribution in [0, 0.1) is 0 Å². The Labute approximate surface area is 136 Å². The predicted molar refractivity (Wildman–Crippen MR) is 81.7 cm³/mol. The zero-order valence-corrected chi connectivity index (χ0v) is 12.7. The molecule has 0 aliphatic carbocycles. The highest BCUT2D eigenvalue weighted by Crippen LogP contribution is 2.32. The van der Waals surface area contributed by atoms with Crippen molar-refractivity contribution in [2.24, 2.45) is 5.73 Å². The van der Waals surface area contributed by atoms with E-state index in [1.54, 1.807) is 24.3 Å². The number of amides is 1. The monoisotopic (exact) mass is 339 g/mol. The van der Waals surface area contributed by atoms with Crippen molar-refractivity contribution in [3.8, 4) is 11.5 Å². The Morgan fingerprint density at radius 1 is 1.27 bits per heavy atom. The number of rotatable bonds is 2. The smallest absolute Gasteiger partial charge is 0.269 e. The number of ether oxygens (including phenoxy) is 1. The molecule has 1 aliphatic rings. The number of carbonyl (C=O) groups excluding carboxylic acids is 1. The minimum Gasteiger partial charge on any atom is -0.456 e. The van der Waals surface area contributed by atoms with E-state index in [1.807, 2.05) is 0 Å². The van der Waals surface area contributed by atoms with Crippen molar-refractivity contribution in [1.29, 1.82) is 0 Å². The second-order valence-electron chi connectivity index (χ2n) is 4.79. The van der Waals surface area contributed by atoms with Gasteiger partial charge in [-0.2, -0.15) is 5.06 Å². The second-order valence-corrected chi connectivity index (χ2v) is 5.61. The van der Waals surface area contributed by atoms with Crippen LogP contribution in [0.5, 0.6) is 11.5 Å². The number of nitrogens with two attached hydrogens (primary N) is 1. The Hall–Kier alpha value is -1.86. The number of nitrogens with zero attached hydrogens (tertiary/aromatic N) is 2. The van der Waals surface area contributed by atoms with E-state index >= 15 is 0 Å². The summed E-state index contributed by atoms with van der Waals surface area (Å²) in [6.45, 7) is 0. The lowest BCUT2D eigenvalue weighted by molar-refractivity contribution is -0.125. The molecule has 2 heterocycles. The van der Waals surface area contributed by atoms with Crippen LogP contribution in [0.25, 0.3) is 0 Å². The first-order valence-electron chi connectivity index (χ1n) is 6.36. The third kappa shape index (κ3) is 2.74. The van der Waals surface area contributed by atoms with Gasteiger partial charge < -0.3 is 10.5 Å². The third-order valence-corrected chi connectivity index (χ3v) is 3.95. The van der Waals surface area contributed by atoms with E-state index in [9.17, 15) is 10.0 Å².